The topological polar surface area (TPSA) is 123 Å². The van der Waals surface area contributed by atoms with Crippen molar-refractivity contribution in [3.8, 4) is 0 Å². The molecule has 1 aromatic carbocycles. The summed E-state index contributed by atoms with van der Waals surface area (Å²) in [6.45, 7) is 2.50. The molecule has 0 aliphatic rings. The van der Waals surface area contributed by atoms with Gasteiger partial charge in [-0.1, -0.05) is 18.7 Å². The number of carbonyl (C=O) groups excluding carboxylic acids is 2. The molecule has 0 aliphatic heterocycles. The number of anilines is 1. The molecule has 9 heteroatoms. The molecule has 2 amide bonds. The van der Waals surface area contributed by atoms with Gasteiger partial charge in [-0.2, -0.15) is 0 Å². The third-order valence-corrected chi connectivity index (χ3v) is 3.93. The normalized spacial score (nSPS) is 10.5. The van der Waals surface area contributed by atoms with E-state index in [2.05, 4.69) is 15.5 Å². The van der Waals surface area contributed by atoms with E-state index in [1.807, 2.05) is 6.92 Å². The Hall–Kier alpha value is -2.55. The summed E-state index contributed by atoms with van der Waals surface area (Å²) >= 11 is 1.18. The summed E-state index contributed by atoms with van der Waals surface area (Å²) < 4.78 is 1.50. The van der Waals surface area contributed by atoms with Crippen molar-refractivity contribution in [2.45, 2.75) is 25.0 Å². The molecule has 1 aromatic heterocycles. The fourth-order valence-electron chi connectivity index (χ4n) is 1.88. The first-order valence-corrected chi connectivity index (χ1v) is 7.97. The highest BCUT2D eigenvalue weighted by molar-refractivity contribution is 7.99. The molecule has 1 heterocycles. The quantitative estimate of drug-likeness (QED) is 0.646. The van der Waals surface area contributed by atoms with Crippen LogP contribution in [0.5, 0.6) is 0 Å². The Bertz CT molecular complexity index is 751. The van der Waals surface area contributed by atoms with Gasteiger partial charge in [0.2, 0.25) is 11.8 Å². The van der Waals surface area contributed by atoms with Crippen molar-refractivity contribution < 1.29 is 9.59 Å². The predicted octanol–water partition coefficient (Wildman–Crippen LogP) is 0.811. The van der Waals surface area contributed by atoms with Gasteiger partial charge in [-0.05, 0) is 30.7 Å². The van der Waals surface area contributed by atoms with Crippen molar-refractivity contribution in [3.05, 3.63) is 40.3 Å². The molecule has 0 saturated carbocycles. The lowest BCUT2D eigenvalue weighted by Gasteiger charge is -2.06. The number of aromatic amines is 1. The number of H-pyrrole nitrogens is 1. The first-order chi connectivity index (χ1) is 11.0. The molecule has 0 spiro atoms. The summed E-state index contributed by atoms with van der Waals surface area (Å²) in [6.07, 6.45) is 0.797. The Morgan fingerprint density at radius 2 is 2.04 bits per heavy atom. The minimum Gasteiger partial charge on any atom is -0.366 e. The standard InChI is InChI=1S/C14H17N5O3S/c1-2-7-19-13(22)17-18-14(19)23-8-11(20)16-10-5-3-9(4-6-10)12(15)21/h3-6H,2,7-8H2,1H3,(H2,15,21)(H,16,20)(H,17,22). The van der Waals surface area contributed by atoms with Crippen molar-refractivity contribution in [1.82, 2.24) is 14.8 Å². The molecule has 2 rings (SSSR count). The average Bonchev–Trinajstić information content (AvgIpc) is 2.87. The van der Waals surface area contributed by atoms with E-state index in [0.717, 1.165) is 6.42 Å². The zero-order valence-electron chi connectivity index (χ0n) is 12.5. The molecule has 0 aliphatic carbocycles. The van der Waals surface area contributed by atoms with Gasteiger partial charge in [0.15, 0.2) is 5.16 Å². The van der Waals surface area contributed by atoms with Crippen LogP contribution in [-0.4, -0.2) is 32.3 Å². The number of benzene rings is 1. The summed E-state index contributed by atoms with van der Waals surface area (Å²) in [5.74, 6) is -0.642. The van der Waals surface area contributed by atoms with E-state index in [4.69, 9.17) is 5.73 Å². The molecular weight excluding hydrogens is 318 g/mol. The van der Waals surface area contributed by atoms with Crippen LogP contribution in [-0.2, 0) is 11.3 Å². The fraction of sp³-hybridized carbons (Fsp3) is 0.286. The Labute approximate surface area is 136 Å². The molecule has 0 fully saturated rings. The van der Waals surface area contributed by atoms with Crippen LogP contribution in [0.3, 0.4) is 0 Å². The number of rotatable bonds is 7. The van der Waals surface area contributed by atoms with Gasteiger partial charge in [0.1, 0.15) is 0 Å². The zero-order chi connectivity index (χ0) is 16.8. The highest BCUT2D eigenvalue weighted by Crippen LogP contribution is 2.15. The molecule has 8 nitrogen and oxygen atoms in total. The molecule has 0 atom stereocenters. The Balaban J connectivity index is 1.92. The van der Waals surface area contributed by atoms with Crippen LogP contribution in [0.1, 0.15) is 23.7 Å². The number of hydrogen-bond acceptors (Lipinski definition) is 5. The second-order valence-corrected chi connectivity index (χ2v) is 5.68. The lowest BCUT2D eigenvalue weighted by atomic mass is 10.2. The van der Waals surface area contributed by atoms with Crippen LogP contribution < -0.4 is 16.7 Å². The molecule has 0 bridgehead atoms. The van der Waals surface area contributed by atoms with Crippen LogP contribution in [0.2, 0.25) is 0 Å². The van der Waals surface area contributed by atoms with E-state index in [0.29, 0.717) is 23.0 Å². The maximum Gasteiger partial charge on any atom is 0.343 e. The number of thioether (sulfide) groups is 1. The third kappa shape index (κ3) is 4.46. The van der Waals surface area contributed by atoms with Crippen LogP contribution in [0, 0.1) is 0 Å². The van der Waals surface area contributed by atoms with E-state index in [-0.39, 0.29) is 17.3 Å². The van der Waals surface area contributed by atoms with Gasteiger partial charge >= 0.3 is 5.69 Å². The Kier molecular flexibility index (Phi) is 5.58. The van der Waals surface area contributed by atoms with Gasteiger partial charge in [-0.3, -0.25) is 14.2 Å². The summed E-state index contributed by atoms with van der Waals surface area (Å²) in [4.78, 5) is 34.5. The van der Waals surface area contributed by atoms with Crippen LogP contribution in [0.25, 0.3) is 0 Å². The minimum atomic E-state index is -0.522. The average molecular weight is 335 g/mol. The Morgan fingerprint density at radius 1 is 1.35 bits per heavy atom. The number of aromatic nitrogens is 3. The number of primary amides is 1. The zero-order valence-corrected chi connectivity index (χ0v) is 13.4. The van der Waals surface area contributed by atoms with E-state index in [9.17, 15) is 14.4 Å². The number of nitrogens with two attached hydrogens (primary N) is 1. The lowest BCUT2D eigenvalue weighted by molar-refractivity contribution is -0.113. The van der Waals surface area contributed by atoms with Crippen molar-refractivity contribution in [3.63, 3.8) is 0 Å². The fourth-order valence-corrected chi connectivity index (χ4v) is 2.65. The number of hydrogen-bond donors (Lipinski definition) is 3. The SMILES string of the molecule is CCCn1c(SCC(=O)Nc2ccc(C(N)=O)cc2)n[nH]c1=O. The predicted molar refractivity (Wildman–Crippen MR) is 87.5 cm³/mol. The molecule has 0 saturated heterocycles. The third-order valence-electron chi connectivity index (χ3n) is 2.96. The molecule has 122 valence electrons. The van der Waals surface area contributed by atoms with E-state index in [1.54, 1.807) is 12.1 Å². The van der Waals surface area contributed by atoms with Gasteiger partial charge in [-0.25, -0.2) is 9.89 Å². The lowest BCUT2D eigenvalue weighted by Crippen LogP contribution is -2.18. The molecule has 4 N–H and O–H groups in total. The number of nitrogens with zero attached hydrogens (tertiary/aromatic N) is 2. The van der Waals surface area contributed by atoms with Crippen LogP contribution >= 0.6 is 11.8 Å². The molecule has 0 radical (unpaired) electrons. The van der Waals surface area contributed by atoms with Crippen LogP contribution in [0.15, 0.2) is 34.2 Å². The van der Waals surface area contributed by atoms with Gasteiger partial charge in [0, 0.05) is 17.8 Å². The summed E-state index contributed by atoms with van der Waals surface area (Å²) in [5, 5.41) is 9.46. The first-order valence-electron chi connectivity index (χ1n) is 6.99. The second kappa shape index (κ2) is 7.63. The first kappa shape index (κ1) is 16.8. The number of nitrogens with one attached hydrogen (secondary N) is 2. The number of carbonyl (C=O) groups is 2. The summed E-state index contributed by atoms with van der Waals surface area (Å²) in [6, 6.07) is 6.28. The monoisotopic (exact) mass is 335 g/mol. The molecule has 23 heavy (non-hydrogen) atoms. The smallest absolute Gasteiger partial charge is 0.343 e. The summed E-state index contributed by atoms with van der Waals surface area (Å²) in [5.41, 5.74) is 5.81. The summed E-state index contributed by atoms with van der Waals surface area (Å²) in [7, 11) is 0. The maximum atomic E-state index is 11.9. The molecular formula is C14H17N5O3S. The Morgan fingerprint density at radius 3 is 2.65 bits per heavy atom. The van der Waals surface area contributed by atoms with Crippen molar-refractivity contribution in [1.29, 1.82) is 0 Å². The van der Waals surface area contributed by atoms with E-state index < -0.39 is 5.91 Å². The highest BCUT2D eigenvalue weighted by atomic mass is 32.2. The maximum absolute atomic E-state index is 11.9. The molecule has 2 aromatic rings. The van der Waals surface area contributed by atoms with E-state index >= 15 is 0 Å². The largest absolute Gasteiger partial charge is 0.366 e. The van der Waals surface area contributed by atoms with Crippen molar-refractivity contribution >= 4 is 29.3 Å². The van der Waals surface area contributed by atoms with Gasteiger partial charge in [0.25, 0.3) is 0 Å². The highest BCUT2D eigenvalue weighted by Gasteiger charge is 2.11. The van der Waals surface area contributed by atoms with Crippen molar-refractivity contribution in [2.24, 2.45) is 5.73 Å². The van der Waals surface area contributed by atoms with Gasteiger partial charge in [-0.15, -0.1) is 5.10 Å². The van der Waals surface area contributed by atoms with Gasteiger partial charge in [0.05, 0.1) is 5.75 Å². The number of amides is 2. The molecule has 0 unspecified atom stereocenters. The second-order valence-electron chi connectivity index (χ2n) is 4.74. The van der Waals surface area contributed by atoms with Crippen molar-refractivity contribution in [2.75, 3.05) is 11.1 Å². The van der Waals surface area contributed by atoms with Gasteiger partial charge < -0.3 is 11.1 Å². The van der Waals surface area contributed by atoms with E-state index in [1.165, 1.54) is 28.5 Å². The van der Waals surface area contributed by atoms with Crippen LogP contribution in [0.4, 0.5) is 5.69 Å². The minimum absolute atomic E-state index is 0.117.